The van der Waals surface area contributed by atoms with Gasteiger partial charge in [0.15, 0.2) is 0 Å². The Morgan fingerprint density at radius 2 is 1.42 bits per heavy atom. The van der Waals surface area contributed by atoms with E-state index >= 15 is 0 Å². The molecule has 31 heavy (non-hydrogen) atoms. The van der Waals surface area contributed by atoms with Crippen LogP contribution in [0.1, 0.15) is 32.1 Å². The third-order valence-corrected chi connectivity index (χ3v) is 4.59. The summed E-state index contributed by atoms with van der Waals surface area (Å²) >= 11 is 3.97. The fourth-order valence-electron chi connectivity index (χ4n) is 2.41. The minimum absolute atomic E-state index is 0.128. The second kappa shape index (κ2) is 15.4. The zero-order chi connectivity index (χ0) is 24.0. The summed E-state index contributed by atoms with van der Waals surface area (Å²) in [6, 6.07) is -4.96. The Balaban J connectivity index is 5.26. The summed E-state index contributed by atoms with van der Waals surface area (Å²) in [5.41, 5.74) is 15.9. The zero-order valence-corrected chi connectivity index (χ0v) is 18.0. The molecule has 0 aromatic carbocycles. The van der Waals surface area contributed by atoms with E-state index in [1.807, 2.05) is 0 Å². The van der Waals surface area contributed by atoms with Gasteiger partial charge in [-0.25, -0.2) is 4.79 Å². The van der Waals surface area contributed by atoms with Crippen molar-refractivity contribution >= 4 is 42.2 Å². The highest BCUT2D eigenvalue weighted by Crippen LogP contribution is 2.05. The van der Waals surface area contributed by atoms with Crippen LogP contribution in [0.3, 0.4) is 0 Å². The van der Waals surface area contributed by atoms with Gasteiger partial charge in [-0.1, -0.05) is 0 Å². The molecule has 4 amide bonds. The third-order valence-electron chi connectivity index (χ3n) is 4.22. The van der Waals surface area contributed by atoms with Gasteiger partial charge in [-0.3, -0.25) is 19.2 Å². The Morgan fingerprint density at radius 3 is 1.90 bits per heavy atom. The Morgan fingerprint density at radius 1 is 0.871 bits per heavy atom. The lowest BCUT2D eigenvalue weighted by Crippen LogP contribution is -2.58. The van der Waals surface area contributed by atoms with E-state index in [9.17, 15) is 29.1 Å². The van der Waals surface area contributed by atoms with Crippen LogP contribution in [0.15, 0.2) is 0 Å². The van der Waals surface area contributed by atoms with Crippen molar-refractivity contribution in [1.82, 2.24) is 16.0 Å². The highest BCUT2D eigenvalue weighted by molar-refractivity contribution is 7.80. The Kier molecular flexibility index (Phi) is 14.2. The average molecular weight is 465 g/mol. The maximum atomic E-state index is 12.6. The van der Waals surface area contributed by atoms with Crippen LogP contribution >= 0.6 is 12.6 Å². The molecule has 0 aromatic rings. The van der Waals surface area contributed by atoms with Gasteiger partial charge >= 0.3 is 5.97 Å². The van der Waals surface area contributed by atoms with E-state index in [1.54, 1.807) is 0 Å². The minimum atomic E-state index is -1.29. The largest absolute Gasteiger partial charge is 0.480 e. The van der Waals surface area contributed by atoms with E-state index in [-0.39, 0.29) is 25.0 Å². The second-order valence-electron chi connectivity index (χ2n) is 6.78. The molecule has 0 aliphatic heterocycles. The topological polar surface area (TPSA) is 240 Å². The molecule has 11 N–H and O–H groups in total. The lowest BCUT2D eigenvalue weighted by molar-refractivity contribution is -0.142. The van der Waals surface area contributed by atoms with Gasteiger partial charge in [0.25, 0.3) is 0 Å². The standard InChI is InChI=1S/C17H32N6O7S/c18-6-2-1-3-11(17(29)30)22-15(27)10(4-5-13(20)25)21-16(28)12(8-31)23-14(26)9(19)7-24/h9-12,24,31H,1-8,18-19H2,(H2,20,25)(H,21,28)(H,22,27)(H,23,26)(H,29,30). The molecule has 0 heterocycles. The summed E-state index contributed by atoms with van der Waals surface area (Å²) in [6.07, 6.45) is 0.719. The lowest BCUT2D eigenvalue weighted by atomic mass is 10.1. The van der Waals surface area contributed by atoms with Gasteiger partial charge in [0.1, 0.15) is 24.2 Å². The molecule has 0 fully saturated rings. The molecular formula is C17H32N6O7S. The lowest BCUT2D eigenvalue weighted by Gasteiger charge is -2.24. The number of amides is 4. The first-order chi connectivity index (χ1) is 14.6. The van der Waals surface area contributed by atoms with E-state index in [4.69, 9.17) is 22.3 Å². The van der Waals surface area contributed by atoms with Gasteiger partial charge < -0.3 is 43.4 Å². The molecular weight excluding hydrogens is 432 g/mol. The highest BCUT2D eigenvalue weighted by atomic mass is 32.1. The van der Waals surface area contributed by atoms with Crippen molar-refractivity contribution in [1.29, 1.82) is 0 Å². The average Bonchev–Trinajstić information content (AvgIpc) is 2.72. The van der Waals surface area contributed by atoms with Crippen LogP contribution < -0.4 is 33.2 Å². The number of thiol groups is 1. The fraction of sp³-hybridized carbons (Fsp3) is 0.706. The molecule has 0 saturated heterocycles. The third kappa shape index (κ3) is 11.5. The molecule has 13 nitrogen and oxygen atoms in total. The van der Waals surface area contributed by atoms with E-state index in [0.29, 0.717) is 19.4 Å². The van der Waals surface area contributed by atoms with Crippen LogP contribution in [0.2, 0.25) is 0 Å². The SMILES string of the molecule is NCCCCC(NC(=O)C(CCC(N)=O)NC(=O)C(CS)NC(=O)C(N)CO)C(=O)O. The number of primary amides is 1. The Labute approximate surface area is 185 Å². The molecule has 14 heteroatoms. The normalized spacial score (nSPS) is 14.6. The molecule has 0 radical (unpaired) electrons. The molecule has 178 valence electrons. The van der Waals surface area contributed by atoms with Gasteiger partial charge in [-0.2, -0.15) is 12.6 Å². The van der Waals surface area contributed by atoms with Crippen molar-refractivity contribution in [3.8, 4) is 0 Å². The van der Waals surface area contributed by atoms with Crippen molar-refractivity contribution in [2.24, 2.45) is 17.2 Å². The van der Waals surface area contributed by atoms with E-state index in [0.717, 1.165) is 0 Å². The molecule has 0 bridgehead atoms. The predicted molar refractivity (Wildman–Crippen MR) is 114 cm³/mol. The van der Waals surface area contributed by atoms with Crippen LogP contribution in [0.25, 0.3) is 0 Å². The van der Waals surface area contributed by atoms with E-state index < -0.39 is 60.4 Å². The van der Waals surface area contributed by atoms with Crippen molar-refractivity contribution < 1.29 is 34.2 Å². The summed E-state index contributed by atoms with van der Waals surface area (Å²) in [5, 5.41) is 25.2. The van der Waals surface area contributed by atoms with Gasteiger partial charge in [0.05, 0.1) is 6.61 Å². The number of hydrogen-bond acceptors (Lipinski definition) is 9. The Bertz CT molecular complexity index is 636. The van der Waals surface area contributed by atoms with Crippen LogP contribution in [0, 0.1) is 0 Å². The Hall–Kier alpha value is -2.42. The van der Waals surface area contributed by atoms with Crippen molar-refractivity contribution in [3.05, 3.63) is 0 Å². The number of aliphatic hydroxyl groups excluding tert-OH is 1. The van der Waals surface area contributed by atoms with Crippen molar-refractivity contribution in [2.45, 2.75) is 56.3 Å². The molecule has 4 atom stereocenters. The number of carbonyl (C=O) groups is 5. The summed E-state index contributed by atoms with van der Waals surface area (Å²) in [4.78, 5) is 59.4. The van der Waals surface area contributed by atoms with Gasteiger partial charge in [0, 0.05) is 12.2 Å². The summed E-state index contributed by atoms with van der Waals surface area (Å²) in [7, 11) is 0. The van der Waals surface area contributed by atoms with Crippen LogP contribution in [-0.2, 0) is 24.0 Å². The molecule has 0 saturated carbocycles. The smallest absolute Gasteiger partial charge is 0.326 e. The van der Waals surface area contributed by atoms with Crippen molar-refractivity contribution in [2.75, 3.05) is 18.9 Å². The molecule has 0 rings (SSSR count). The minimum Gasteiger partial charge on any atom is -0.480 e. The van der Waals surface area contributed by atoms with E-state index in [2.05, 4.69) is 28.6 Å². The van der Waals surface area contributed by atoms with Crippen LogP contribution in [0.4, 0.5) is 0 Å². The number of aliphatic carboxylic acids is 1. The number of carboxylic acid groups (broad SMARTS) is 1. The number of rotatable bonds is 16. The highest BCUT2D eigenvalue weighted by Gasteiger charge is 2.29. The number of carbonyl (C=O) groups excluding carboxylic acids is 4. The fourth-order valence-corrected chi connectivity index (χ4v) is 2.66. The van der Waals surface area contributed by atoms with Gasteiger partial charge in [-0.15, -0.1) is 0 Å². The number of hydrogen-bond donors (Lipinski definition) is 9. The monoisotopic (exact) mass is 464 g/mol. The second-order valence-corrected chi connectivity index (χ2v) is 7.15. The van der Waals surface area contributed by atoms with E-state index in [1.165, 1.54) is 0 Å². The number of nitrogens with two attached hydrogens (primary N) is 3. The van der Waals surface area contributed by atoms with Crippen LogP contribution in [0.5, 0.6) is 0 Å². The molecule has 0 aliphatic rings. The first-order valence-electron chi connectivity index (χ1n) is 9.66. The summed E-state index contributed by atoms with van der Waals surface area (Å²) < 4.78 is 0. The molecule has 0 aromatic heterocycles. The molecule has 0 aliphatic carbocycles. The quantitative estimate of drug-likeness (QED) is 0.0801. The number of nitrogens with one attached hydrogen (secondary N) is 3. The van der Waals surface area contributed by atoms with Crippen molar-refractivity contribution in [3.63, 3.8) is 0 Å². The molecule has 0 spiro atoms. The maximum absolute atomic E-state index is 12.6. The number of carboxylic acids is 1. The summed E-state index contributed by atoms with van der Waals surface area (Å²) in [5.74, 6) is -4.59. The number of unbranched alkanes of at least 4 members (excludes halogenated alkanes) is 1. The summed E-state index contributed by atoms with van der Waals surface area (Å²) in [6.45, 7) is -0.272. The van der Waals surface area contributed by atoms with Gasteiger partial charge in [0.2, 0.25) is 23.6 Å². The van der Waals surface area contributed by atoms with Crippen LogP contribution in [-0.4, -0.2) is 82.9 Å². The zero-order valence-electron chi connectivity index (χ0n) is 17.1. The predicted octanol–water partition coefficient (Wildman–Crippen LogP) is -3.83. The first kappa shape index (κ1) is 28.6. The molecule has 4 unspecified atom stereocenters. The maximum Gasteiger partial charge on any atom is 0.326 e. The van der Waals surface area contributed by atoms with Gasteiger partial charge in [-0.05, 0) is 32.2 Å². The first-order valence-corrected chi connectivity index (χ1v) is 10.3. The number of aliphatic hydroxyl groups is 1.